The van der Waals surface area contributed by atoms with Gasteiger partial charge in [-0.1, -0.05) is 0 Å². The van der Waals surface area contributed by atoms with Crippen molar-refractivity contribution in [3.05, 3.63) is 54.1 Å². The van der Waals surface area contributed by atoms with Crippen molar-refractivity contribution in [3.8, 4) is 22.9 Å². The summed E-state index contributed by atoms with van der Waals surface area (Å²) in [5.41, 5.74) is 0.594. The molecule has 0 fully saturated rings. The molecule has 1 aromatic carbocycles. The molecular weight excluding hydrogens is 368 g/mol. The Kier molecular flexibility index (Phi) is 5.35. The van der Waals surface area contributed by atoms with E-state index in [1.807, 2.05) is 0 Å². The van der Waals surface area contributed by atoms with Crippen LogP contribution in [0.5, 0.6) is 11.5 Å². The fourth-order valence-electron chi connectivity index (χ4n) is 2.41. The van der Waals surface area contributed by atoms with E-state index in [1.165, 1.54) is 12.1 Å². The second-order valence-electron chi connectivity index (χ2n) is 5.69. The molecule has 2 heterocycles. The number of carbonyl (C=O) groups excluding carboxylic acids is 1. The fraction of sp³-hybridized carbons (Fsp3) is 0.118. The molecule has 3 rings (SSSR count). The normalized spacial score (nSPS) is 11.6. The summed E-state index contributed by atoms with van der Waals surface area (Å²) < 4.78 is 0. The van der Waals surface area contributed by atoms with Crippen molar-refractivity contribution in [2.45, 2.75) is 6.04 Å². The first kappa shape index (κ1) is 18.6. The van der Waals surface area contributed by atoms with Gasteiger partial charge in [-0.2, -0.15) is 5.10 Å². The van der Waals surface area contributed by atoms with Gasteiger partial charge < -0.3 is 26.0 Å². The lowest BCUT2D eigenvalue weighted by Gasteiger charge is -2.16. The minimum atomic E-state index is -1.28. The predicted molar refractivity (Wildman–Crippen MR) is 95.6 cm³/mol. The molecule has 0 aliphatic heterocycles. The van der Waals surface area contributed by atoms with Gasteiger partial charge in [0.05, 0.1) is 5.56 Å². The molecule has 6 N–H and O–H groups in total. The highest BCUT2D eigenvalue weighted by molar-refractivity contribution is 5.97. The van der Waals surface area contributed by atoms with Gasteiger partial charge in [-0.15, -0.1) is 0 Å². The van der Waals surface area contributed by atoms with Gasteiger partial charge in [-0.3, -0.25) is 14.9 Å². The van der Waals surface area contributed by atoms with Crippen LogP contribution in [0.25, 0.3) is 11.4 Å². The molecule has 3 aromatic rings. The van der Waals surface area contributed by atoms with Crippen molar-refractivity contribution < 1.29 is 24.9 Å². The number of rotatable bonds is 6. The average Bonchev–Trinajstić information content (AvgIpc) is 3.15. The number of hydrogen-bond acceptors (Lipinski definition) is 7. The lowest BCUT2D eigenvalue weighted by molar-refractivity contribution is 0.0930. The largest absolute Gasteiger partial charge is 0.508 e. The SMILES string of the molecule is O=C(O)NCC(NC(=O)c1ccc(O)cc1O)c1nc(-c2ccncc2)n[nH]1. The van der Waals surface area contributed by atoms with Gasteiger partial charge >= 0.3 is 6.09 Å². The Bertz CT molecular complexity index is 991. The van der Waals surface area contributed by atoms with Crippen molar-refractivity contribution >= 4 is 12.0 Å². The molecule has 0 spiro atoms. The standard InChI is InChI=1S/C17H16N6O5/c24-10-1-2-11(13(25)7-10)16(26)20-12(8-19-17(27)28)15-21-14(22-23-15)9-3-5-18-6-4-9/h1-7,12,19,24-25H,8H2,(H,20,26)(H,27,28)(H,21,22,23). The Morgan fingerprint density at radius 2 is 1.89 bits per heavy atom. The maximum absolute atomic E-state index is 12.5. The number of H-pyrrole nitrogens is 1. The highest BCUT2D eigenvalue weighted by atomic mass is 16.4. The van der Waals surface area contributed by atoms with E-state index in [0.29, 0.717) is 11.4 Å². The van der Waals surface area contributed by atoms with Crippen LogP contribution in [0.4, 0.5) is 4.79 Å². The summed E-state index contributed by atoms with van der Waals surface area (Å²) >= 11 is 0. The van der Waals surface area contributed by atoms with Gasteiger partial charge in [0.15, 0.2) is 5.82 Å². The number of benzene rings is 1. The summed E-state index contributed by atoms with van der Waals surface area (Å²) in [6.45, 7) is -0.190. The van der Waals surface area contributed by atoms with Crippen molar-refractivity contribution in [1.82, 2.24) is 30.8 Å². The minimum absolute atomic E-state index is 0.0907. The molecule has 0 radical (unpaired) electrons. The summed E-state index contributed by atoms with van der Waals surface area (Å²) in [6, 6.07) is 6.02. The number of carbonyl (C=O) groups is 2. The topological polar surface area (TPSA) is 173 Å². The van der Waals surface area contributed by atoms with Crippen LogP contribution in [-0.4, -0.2) is 54.0 Å². The van der Waals surface area contributed by atoms with Crippen molar-refractivity contribution in [1.29, 1.82) is 0 Å². The smallest absolute Gasteiger partial charge is 0.404 e. The van der Waals surface area contributed by atoms with E-state index in [9.17, 15) is 19.8 Å². The van der Waals surface area contributed by atoms with Crippen LogP contribution in [-0.2, 0) is 0 Å². The zero-order valence-electron chi connectivity index (χ0n) is 14.3. The van der Waals surface area contributed by atoms with Gasteiger partial charge in [0.25, 0.3) is 5.91 Å². The number of aromatic nitrogens is 4. The second kappa shape index (κ2) is 8.03. The van der Waals surface area contributed by atoms with Crippen LogP contribution < -0.4 is 10.6 Å². The zero-order valence-corrected chi connectivity index (χ0v) is 14.3. The molecule has 0 saturated carbocycles. The Hall–Kier alpha value is -4.15. The Labute approximate surface area is 158 Å². The Morgan fingerprint density at radius 1 is 1.14 bits per heavy atom. The van der Waals surface area contributed by atoms with Crippen molar-refractivity contribution in [2.75, 3.05) is 6.54 Å². The number of aromatic hydroxyl groups is 2. The summed E-state index contributed by atoms with van der Waals surface area (Å²) in [5.74, 6) is -0.740. The molecule has 1 atom stereocenters. The van der Waals surface area contributed by atoms with Gasteiger partial charge in [0, 0.05) is 30.6 Å². The minimum Gasteiger partial charge on any atom is -0.508 e. The van der Waals surface area contributed by atoms with Crippen LogP contribution in [0.3, 0.4) is 0 Å². The highest BCUT2D eigenvalue weighted by Crippen LogP contribution is 2.23. The Morgan fingerprint density at radius 3 is 2.57 bits per heavy atom. The van der Waals surface area contributed by atoms with Crippen molar-refractivity contribution in [2.24, 2.45) is 0 Å². The number of nitrogens with zero attached hydrogens (tertiary/aromatic N) is 3. The van der Waals surface area contributed by atoms with E-state index in [4.69, 9.17) is 5.11 Å². The van der Waals surface area contributed by atoms with Gasteiger partial charge in [-0.25, -0.2) is 9.78 Å². The van der Waals surface area contributed by atoms with Crippen LogP contribution in [0.15, 0.2) is 42.7 Å². The monoisotopic (exact) mass is 384 g/mol. The van der Waals surface area contributed by atoms with E-state index < -0.39 is 23.8 Å². The molecule has 0 aliphatic carbocycles. The molecule has 144 valence electrons. The molecule has 11 nitrogen and oxygen atoms in total. The first-order valence-corrected chi connectivity index (χ1v) is 8.06. The number of phenols is 2. The van der Waals surface area contributed by atoms with Crippen LogP contribution >= 0.6 is 0 Å². The Balaban J connectivity index is 1.84. The third kappa shape index (κ3) is 4.33. The van der Waals surface area contributed by atoms with Crippen LogP contribution in [0.2, 0.25) is 0 Å². The molecule has 1 unspecified atom stereocenters. The molecule has 2 aromatic heterocycles. The number of amides is 2. The van der Waals surface area contributed by atoms with Crippen molar-refractivity contribution in [3.63, 3.8) is 0 Å². The number of carboxylic acid groups (broad SMARTS) is 1. The molecule has 0 bridgehead atoms. The summed E-state index contributed by atoms with van der Waals surface area (Å²) in [7, 11) is 0. The molecule has 0 aliphatic rings. The highest BCUT2D eigenvalue weighted by Gasteiger charge is 2.22. The fourth-order valence-corrected chi connectivity index (χ4v) is 2.41. The number of nitrogens with one attached hydrogen (secondary N) is 3. The van der Waals surface area contributed by atoms with E-state index in [1.54, 1.807) is 24.5 Å². The molecule has 11 heteroatoms. The number of aromatic amines is 1. The van der Waals surface area contributed by atoms with Gasteiger partial charge in [0.2, 0.25) is 0 Å². The number of pyridine rings is 1. The third-order valence-corrected chi connectivity index (χ3v) is 3.76. The quantitative estimate of drug-likeness (QED) is 0.365. The maximum atomic E-state index is 12.5. The van der Waals surface area contributed by atoms with Gasteiger partial charge in [-0.05, 0) is 24.3 Å². The lowest BCUT2D eigenvalue weighted by atomic mass is 10.1. The first-order chi connectivity index (χ1) is 13.4. The summed E-state index contributed by atoms with van der Waals surface area (Å²) in [6.07, 6.45) is 1.87. The maximum Gasteiger partial charge on any atom is 0.404 e. The third-order valence-electron chi connectivity index (χ3n) is 3.76. The van der Waals surface area contributed by atoms with E-state index in [-0.39, 0.29) is 23.7 Å². The van der Waals surface area contributed by atoms with Gasteiger partial charge in [0.1, 0.15) is 23.4 Å². The molecule has 0 saturated heterocycles. The van der Waals surface area contributed by atoms with E-state index in [2.05, 4.69) is 30.8 Å². The summed E-state index contributed by atoms with van der Waals surface area (Å²) in [4.78, 5) is 31.6. The molecular formula is C17H16N6O5. The lowest BCUT2D eigenvalue weighted by Crippen LogP contribution is -2.38. The summed E-state index contributed by atoms with van der Waals surface area (Å²) in [5, 5.41) is 39.6. The zero-order chi connectivity index (χ0) is 20.1. The van der Waals surface area contributed by atoms with Crippen LogP contribution in [0, 0.1) is 0 Å². The number of hydrogen-bond donors (Lipinski definition) is 6. The number of phenolic OH excluding ortho intramolecular Hbond substituents is 2. The second-order valence-corrected chi connectivity index (χ2v) is 5.69. The molecule has 2 amide bonds. The first-order valence-electron chi connectivity index (χ1n) is 8.06. The average molecular weight is 384 g/mol. The predicted octanol–water partition coefficient (Wildman–Crippen LogP) is 1.02. The van der Waals surface area contributed by atoms with E-state index >= 15 is 0 Å². The van der Waals surface area contributed by atoms with E-state index in [0.717, 1.165) is 6.07 Å². The van der Waals surface area contributed by atoms with Crippen LogP contribution in [0.1, 0.15) is 22.2 Å². The molecule has 28 heavy (non-hydrogen) atoms.